The third kappa shape index (κ3) is 2.52. The molecule has 1 aromatic heterocycles. The van der Waals surface area contributed by atoms with Gasteiger partial charge < -0.3 is 4.90 Å². The van der Waals surface area contributed by atoms with Crippen molar-refractivity contribution in [3.8, 4) is 0 Å². The van der Waals surface area contributed by atoms with Gasteiger partial charge in [0.05, 0.1) is 4.47 Å². The van der Waals surface area contributed by atoms with Gasteiger partial charge in [0.1, 0.15) is 12.1 Å². The first kappa shape index (κ1) is 12.4. The molecule has 0 radical (unpaired) electrons. The van der Waals surface area contributed by atoms with E-state index in [2.05, 4.69) is 35.7 Å². The van der Waals surface area contributed by atoms with Gasteiger partial charge in [-0.25, -0.2) is 9.97 Å². The quantitative estimate of drug-likeness (QED) is 0.839. The number of hydrogen-bond donors (Lipinski definition) is 0. The summed E-state index contributed by atoms with van der Waals surface area (Å²) in [5.74, 6) is 1.05. The molecule has 0 bridgehead atoms. The van der Waals surface area contributed by atoms with Gasteiger partial charge in [-0.15, -0.1) is 0 Å². The molecule has 18 heavy (non-hydrogen) atoms. The van der Waals surface area contributed by atoms with Crippen LogP contribution in [0.5, 0.6) is 0 Å². The molecule has 0 spiro atoms. The van der Waals surface area contributed by atoms with E-state index >= 15 is 0 Å². The van der Waals surface area contributed by atoms with E-state index in [1.165, 1.54) is 38.8 Å². The van der Waals surface area contributed by atoms with Crippen LogP contribution in [0.3, 0.4) is 0 Å². The number of piperidine rings is 1. The Morgan fingerprint density at radius 3 is 2.78 bits per heavy atom. The van der Waals surface area contributed by atoms with Crippen LogP contribution in [0.4, 0.5) is 5.82 Å². The maximum Gasteiger partial charge on any atom is 0.146 e. The van der Waals surface area contributed by atoms with Crippen molar-refractivity contribution in [2.75, 3.05) is 31.1 Å². The molecule has 1 unspecified atom stereocenters. The van der Waals surface area contributed by atoms with E-state index in [1.54, 1.807) is 6.33 Å². The van der Waals surface area contributed by atoms with Crippen LogP contribution in [0.15, 0.2) is 17.0 Å². The zero-order chi connectivity index (χ0) is 12.4. The molecule has 0 amide bonds. The van der Waals surface area contributed by atoms with Gasteiger partial charge in [-0.1, -0.05) is 6.42 Å². The lowest BCUT2D eigenvalue weighted by atomic mass is 10.1. The number of aromatic nitrogens is 2. The second-order valence-corrected chi connectivity index (χ2v) is 6.03. The zero-order valence-electron chi connectivity index (χ0n) is 10.6. The Hall–Kier alpha value is -0.680. The highest BCUT2D eigenvalue weighted by molar-refractivity contribution is 9.10. The van der Waals surface area contributed by atoms with E-state index in [0.717, 1.165) is 23.4 Å². The smallest absolute Gasteiger partial charge is 0.146 e. The molecule has 4 nitrogen and oxygen atoms in total. The van der Waals surface area contributed by atoms with E-state index in [-0.39, 0.29) is 0 Å². The molecule has 1 aromatic rings. The summed E-state index contributed by atoms with van der Waals surface area (Å²) < 4.78 is 1.00. The molecule has 0 aromatic carbocycles. The van der Waals surface area contributed by atoms with Crippen molar-refractivity contribution in [3.63, 3.8) is 0 Å². The summed E-state index contributed by atoms with van der Waals surface area (Å²) in [6, 6.07) is 0.715. The monoisotopic (exact) mass is 310 g/mol. The number of anilines is 1. The van der Waals surface area contributed by atoms with Crippen molar-refractivity contribution in [1.29, 1.82) is 0 Å². The van der Waals surface area contributed by atoms with Crippen molar-refractivity contribution in [2.24, 2.45) is 0 Å². The summed E-state index contributed by atoms with van der Waals surface area (Å²) >= 11 is 3.54. The third-order valence-electron chi connectivity index (χ3n) is 4.02. The normalized spacial score (nSPS) is 25.6. The van der Waals surface area contributed by atoms with Crippen LogP contribution in [0.1, 0.15) is 25.7 Å². The molecule has 0 N–H and O–H groups in total. The van der Waals surface area contributed by atoms with Gasteiger partial charge in [0.15, 0.2) is 0 Å². The topological polar surface area (TPSA) is 32.3 Å². The van der Waals surface area contributed by atoms with Gasteiger partial charge in [-0.05, 0) is 48.3 Å². The Balaban J connectivity index is 1.66. The van der Waals surface area contributed by atoms with E-state index in [0.29, 0.717) is 6.04 Å². The second-order valence-electron chi connectivity index (χ2n) is 5.18. The fourth-order valence-corrected chi connectivity index (χ4v) is 3.53. The molecule has 98 valence electrons. The van der Waals surface area contributed by atoms with Crippen LogP contribution < -0.4 is 4.90 Å². The number of rotatable bonds is 2. The highest BCUT2D eigenvalue weighted by atomic mass is 79.9. The summed E-state index contributed by atoms with van der Waals surface area (Å²) in [5, 5.41) is 0. The minimum atomic E-state index is 0.715. The van der Waals surface area contributed by atoms with Crippen molar-refractivity contribution in [1.82, 2.24) is 14.9 Å². The lowest BCUT2D eigenvalue weighted by Gasteiger charge is -2.32. The molecule has 2 fully saturated rings. The molecule has 2 aliphatic rings. The van der Waals surface area contributed by atoms with Gasteiger partial charge in [0, 0.05) is 25.3 Å². The van der Waals surface area contributed by atoms with Gasteiger partial charge in [-0.2, -0.15) is 0 Å². The van der Waals surface area contributed by atoms with Crippen molar-refractivity contribution >= 4 is 21.7 Å². The largest absolute Gasteiger partial charge is 0.354 e. The minimum Gasteiger partial charge on any atom is -0.354 e. The molecule has 0 saturated carbocycles. The summed E-state index contributed by atoms with van der Waals surface area (Å²) in [6.45, 7) is 4.78. The maximum absolute atomic E-state index is 4.39. The Labute approximate surface area is 117 Å². The van der Waals surface area contributed by atoms with Crippen LogP contribution in [0.2, 0.25) is 0 Å². The van der Waals surface area contributed by atoms with Gasteiger partial charge in [-0.3, -0.25) is 4.90 Å². The molecule has 1 atom stereocenters. The highest BCUT2D eigenvalue weighted by Gasteiger charge is 2.29. The molecular weight excluding hydrogens is 292 g/mol. The summed E-state index contributed by atoms with van der Waals surface area (Å²) in [5.41, 5.74) is 0. The van der Waals surface area contributed by atoms with Crippen LogP contribution in [-0.4, -0.2) is 47.1 Å². The fraction of sp³-hybridized carbons (Fsp3) is 0.692. The number of nitrogens with zero attached hydrogens (tertiary/aromatic N) is 4. The van der Waals surface area contributed by atoms with E-state index in [1.807, 2.05) is 6.20 Å². The van der Waals surface area contributed by atoms with E-state index < -0.39 is 0 Å². The van der Waals surface area contributed by atoms with Crippen molar-refractivity contribution in [3.05, 3.63) is 17.0 Å². The molecule has 5 heteroatoms. The molecule has 3 heterocycles. The Morgan fingerprint density at radius 1 is 1.17 bits per heavy atom. The van der Waals surface area contributed by atoms with E-state index in [9.17, 15) is 0 Å². The van der Waals surface area contributed by atoms with Crippen LogP contribution in [0, 0.1) is 0 Å². The molecule has 0 aliphatic carbocycles. The number of hydrogen-bond acceptors (Lipinski definition) is 4. The summed E-state index contributed by atoms with van der Waals surface area (Å²) in [7, 11) is 0. The summed E-state index contributed by atoms with van der Waals surface area (Å²) in [4.78, 5) is 13.5. The van der Waals surface area contributed by atoms with Crippen LogP contribution in [-0.2, 0) is 0 Å². The Kier molecular flexibility index (Phi) is 3.80. The third-order valence-corrected chi connectivity index (χ3v) is 4.58. The van der Waals surface area contributed by atoms with Gasteiger partial charge in [0.25, 0.3) is 0 Å². The molecule has 2 saturated heterocycles. The molecule has 2 aliphatic heterocycles. The molecular formula is C13H19BrN4. The summed E-state index contributed by atoms with van der Waals surface area (Å²) in [6.07, 6.45) is 8.87. The average molecular weight is 311 g/mol. The molecule has 3 rings (SSSR count). The predicted octanol–water partition coefficient (Wildman–Crippen LogP) is 2.30. The van der Waals surface area contributed by atoms with Crippen molar-refractivity contribution < 1.29 is 0 Å². The SMILES string of the molecule is Brc1cncnc1N1CCC(N2CCCCC2)C1. The number of halogens is 1. The predicted molar refractivity (Wildman–Crippen MR) is 75.8 cm³/mol. The first-order valence-corrected chi connectivity index (χ1v) is 7.58. The highest BCUT2D eigenvalue weighted by Crippen LogP contribution is 2.28. The van der Waals surface area contributed by atoms with Crippen LogP contribution >= 0.6 is 15.9 Å². The first-order valence-electron chi connectivity index (χ1n) is 6.79. The zero-order valence-corrected chi connectivity index (χ0v) is 12.1. The Morgan fingerprint density at radius 2 is 2.00 bits per heavy atom. The number of likely N-dealkylation sites (tertiary alicyclic amines) is 1. The van der Waals surface area contributed by atoms with Gasteiger partial charge in [0.2, 0.25) is 0 Å². The lowest BCUT2D eigenvalue weighted by Crippen LogP contribution is -2.41. The first-order chi connectivity index (χ1) is 8.84. The van der Waals surface area contributed by atoms with E-state index in [4.69, 9.17) is 0 Å². The lowest BCUT2D eigenvalue weighted by molar-refractivity contribution is 0.175. The second kappa shape index (κ2) is 5.53. The van der Waals surface area contributed by atoms with Crippen molar-refractivity contribution in [2.45, 2.75) is 31.7 Å². The van der Waals surface area contributed by atoms with Crippen LogP contribution in [0.25, 0.3) is 0 Å². The standard InChI is InChI=1S/C13H19BrN4/c14-12-8-15-10-16-13(12)18-7-4-11(9-18)17-5-2-1-3-6-17/h8,10-11H,1-7,9H2. The Bertz CT molecular complexity index is 406. The fourth-order valence-electron chi connectivity index (χ4n) is 3.05. The minimum absolute atomic E-state index is 0.715. The van der Waals surface area contributed by atoms with Gasteiger partial charge >= 0.3 is 0 Å². The average Bonchev–Trinajstić information content (AvgIpc) is 2.90. The maximum atomic E-state index is 4.39.